The number of piperidine rings is 1. The monoisotopic (exact) mass is 559 g/mol. The molecule has 3 aromatic rings. The van der Waals surface area contributed by atoms with E-state index in [0.29, 0.717) is 54.8 Å². The fourth-order valence-corrected chi connectivity index (χ4v) is 4.54. The van der Waals surface area contributed by atoms with E-state index in [9.17, 15) is 18.4 Å². The quantitative estimate of drug-likeness (QED) is 0.285. The molecule has 0 radical (unpaired) electrons. The van der Waals surface area contributed by atoms with Crippen LogP contribution in [-0.2, 0) is 9.59 Å². The lowest BCUT2D eigenvalue weighted by atomic mass is 10.00. The maximum absolute atomic E-state index is 14.5. The van der Waals surface area contributed by atoms with Gasteiger partial charge in [0, 0.05) is 24.4 Å². The van der Waals surface area contributed by atoms with Crippen LogP contribution >= 0.6 is 11.6 Å². The lowest BCUT2D eigenvalue weighted by Crippen LogP contribution is -2.53. The third-order valence-corrected chi connectivity index (χ3v) is 6.66. The molecule has 4 rings (SSSR count). The van der Waals surface area contributed by atoms with Gasteiger partial charge < -0.3 is 20.1 Å². The minimum atomic E-state index is -0.953. The summed E-state index contributed by atoms with van der Waals surface area (Å²) in [4.78, 5) is 35.0. The van der Waals surface area contributed by atoms with E-state index < -0.39 is 28.6 Å². The van der Waals surface area contributed by atoms with Gasteiger partial charge in [0.2, 0.25) is 5.91 Å². The molecular weight excluding hydrogens is 532 g/mol. The van der Waals surface area contributed by atoms with Crippen LogP contribution < -0.4 is 20.1 Å². The summed E-state index contributed by atoms with van der Waals surface area (Å²) in [5.41, 5.74) is 0.423. The Kier molecular flexibility index (Phi) is 8.93. The summed E-state index contributed by atoms with van der Waals surface area (Å²) in [7, 11) is 1.49. The fraction of sp³-hybridized carbons (Fsp3) is 0.333. The number of anilines is 2. The third-order valence-electron chi connectivity index (χ3n) is 6.31. The highest BCUT2D eigenvalue weighted by atomic mass is 35.5. The Labute approximate surface area is 229 Å². The zero-order valence-corrected chi connectivity index (χ0v) is 22.2. The largest absolute Gasteiger partial charge is 0.493 e. The molecule has 39 heavy (non-hydrogen) atoms. The van der Waals surface area contributed by atoms with Crippen LogP contribution in [0.3, 0.4) is 0 Å². The summed E-state index contributed by atoms with van der Waals surface area (Å²) in [5, 5.41) is 5.86. The van der Waals surface area contributed by atoms with E-state index in [1.54, 1.807) is 12.1 Å². The number of imide groups is 1. The Bertz CT molecular complexity index is 1410. The Balaban J connectivity index is 1.60. The maximum atomic E-state index is 14.5. The molecule has 2 heterocycles. The van der Waals surface area contributed by atoms with Crippen LogP contribution in [0.5, 0.6) is 11.5 Å². The van der Waals surface area contributed by atoms with Crippen molar-refractivity contribution in [1.82, 2.24) is 20.2 Å². The van der Waals surface area contributed by atoms with E-state index in [0.717, 1.165) is 12.1 Å². The van der Waals surface area contributed by atoms with Crippen molar-refractivity contribution in [2.45, 2.75) is 38.3 Å². The predicted octanol–water partition coefficient (Wildman–Crippen LogP) is 4.76. The molecule has 1 aromatic heterocycles. The molecule has 0 aliphatic carbocycles. The van der Waals surface area contributed by atoms with Crippen LogP contribution in [0.25, 0.3) is 10.9 Å². The number of amides is 2. The zero-order valence-electron chi connectivity index (χ0n) is 21.5. The van der Waals surface area contributed by atoms with Gasteiger partial charge in [-0.25, -0.2) is 18.7 Å². The first-order valence-corrected chi connectivity index (χ1v) is 12.8. The van der Waals surface area contributed by atoms with Crippen LogP contribution in [0.2, 0.25) is 5.02 Å². The Morgan fingerprint density at radius 1 is 1.28 bits per heavy atom. The number of methoxy groups -OCH3 is 1. The molecule has 2 amide bonds. The molecule has 2 N–H and O–H groups in total. The van der Waals surface area contributed by atoms with Gasteiger partial charge in [0.05, 0.1) is 24.4 Å². The molecule has 1 fully saturated rings. The van der Waals surface area contributed by atoms with Gasteiger partial charge >= 0.3 is 0 Å². The first kappa shape index (κ1) is 28.2. The molecule has 0 saturated carbocycles. The number of ether oxygens (including phenoxy) is 2. The number of nitrogens with one attached hydrogen (secondary N) is 2. The third kappa shape index (κ3) is 6.10. The van der Waals surface area contributed by atoms with Gasteiger partial charge in [0.1, 0.15) is 29.1 Å². The summed E-state index contributed by atoms with van der Waals surface area (Å²) < 4.78 is 40.0. The summed E-state index contributed by atoms with van der Waals surface area (Å²) in [6, 6.07) is 4.96. The van der Waals surface area contributed by atoms with Gasteiger partial charge in [-0.2, -0.15) is 0 Å². The van der Waals surface area contributed by atoms with Crippen molar-refractivity contribution in [2.24, 2.45) is 0 Å². The average molecular weight is 560 g/mol. The summed E-state index contributed by atoms with van der Waals surface area (Å²) in [6.45, 7) is 6.17. The lowest BCUT2D eigenvalue weighted by molar-refractivity contribution is -0.144. The highest BCUT2D eigenvalue weighted by Crippen LogP contribution is 2.37. The number of carbonyl (C=O) groups excluding carboxylic acids is 2. The van der Waals surface area contributed by atoms with E-state index in [2.05, 4.69) is 27.2 Å². The Hall–Kier alpha value is -3.83. The summed E-state index contributed by atoms with van der Waals surface area (Å²) in [6.07, 6.45) is 3.60. The van der Waals surface area contributed by atoms with E-state index >= 15 is 0 Å². The summed E-state index contributed by atoms with van der Waals surface area (Å²) >= 11 is 5.72. The van der Waals surface area contributed by atoms with Crippen molar-refractivity contribution < 1.29 is 27.8 Å². The Morgan fingerprint density at radius 2 is 2.08 bits per heavy atom. The van der Waals surface area contributed by atoms with Gasteiger partial charge in [0.25, 0.3) is 5.91 Å². The van der Waals surface area contributed by atoms with Crippen LogP contribution in [0.1, 0.15) is 26.2 Å². The smallest absolute Gasteiger partial charge is 0.252 e. The second-order valence-electron chi connectivity index (χ2n) is 8.89. The van der Waals surface area contributed by atoms with E-state index in [1.165, 1.54) is 24.4 Å². The van der Waals surface area contributed by atoms with Crippen molar-refractivity contribution in [1.29, 1.82) is 0 Å². The molecule has 0 spiro atoms. The van der Waals surface area contributed by atoms with Crippen molar-refractivity contribution >= 4 is 45.8 Å². The number of fused-ring (bicyclic) bond motifs is 1. The second kappa shape index (κ2) is 12.4. The molecule has 1 saturated heterocycles. The van der Waals surface area contributed by atoms with Gasteiger partial charge in [-0.15, -0.1) is 0 Å². The summed E-state index contributed by atoms with van der Waals surface area (Å²) in [5.74, 6) is -1.60. The van der Waals surface area contributed by atoms with Crippen molar-refractivity contribution in [3.8, 4) is 11.5 Å². The first-order chi connectivity index (χ1) is 18.8. The number of benzene rings is 2. The minimum absolute atomic E-state index is 0.0647. The predicted molar refractivity (Wildman–Crippen MR) is 143 cm³/mol. The highest BCUT2D eigenvalue weighted by molar-refractivity contribution is 6.31. The number of nitrogens with zero attached hydrogens (tertiary/aromatic N) is 3. The van der Waals surface area contributed by atoms with Gasteiger partial charge in [-0.3, -0.25) is 14.5 Å². The van der Waals surface area contributed by atoms with Gasteiger partial charge in [0.15, 0.2) is 17.3 Å². The fourth-order valence-electron chi connectivity index (χ4n) is 4.37. The molecule has 2 aromatic carbocycles. The molecule has 1 aliphatic heterocycles. The van der Waals surface area contributed by atoms with Crippen LogP contribution in [0, 0.1) is 11.6 Å². The van der Waals surface area contributed by atoms with Gasteiger partial charge in [-0.1, -0.05) is 25.1 Å². The zero-order chi connectivity index (χ0) is 28.1. The molecule has 0 bridgehead atoms. The minimum Gasteiger partial charge on any atom is -0.493 e. The number of carbonyl (C=O) groups is 2. The van der Waals surface area contributed by atoms with Crippen molar-refractivity contribution in [3.05, 3.63) is 59.9 Å². The SMILES string of the molecule is C=CC(=O)N(CCC)C(=O)[C@@H]1C[C@@H](Oc2cc3c(Nc4ccc(F)c(Cl)c4F)ncnc3cc2OC)CCN1. The van der Waals surface area contributed by atoms with Gasteiger partial charge in [-0.05, 0) is 43.7 Å². The number of hydrogen-bond acceptors (Lipinski definition) is 8. The van der Waals surface area contributed by atoms with E-state index in [4.69, 9.17) is 21.1 Å². The maximum Gasteiger partial charge on any atom is 0.252 e. The van der Waals surface area contributed by atoms with Crippen LogP contribution in [0.4, 0.5) is 20.3 Å². The molecule has 9 nitrogen and oxygen atoms in total. The molecular formula is C27H28ClF2N5O4. The van der Waals surface area contributed by atoms with E-state index in [1.807, 2.05) is 6.92 Å². The number of hydrogen-bond donors (Lipinski definition) is 2. The molecule has 2 atom stereocenters. The molecule has 12 heteroatoms. The average Bonchev–Trinajstić information content (AvgIpc) is 2.95. The topological polar surface area (TPSA) is 106 Å². The normalized spacial score (nSPS) is 16.9. The van der Waals surface area contributed by atoms with Crippen molar-refractivity contribution in [3.63, 3.8) is 0 Å². The number of aromatic nitrogens is 2. The lowest BCUT2D eigenvalue weighted by Gasteiger charge is -2.32. The molecule has 1 aliphatic rings. The number of rotatable bonds is 9. The second-order valence-corrected chi connectivity index (χ2v) is 9.27. The molecule has 206 valence electrons. The molecule has 0 unspecified atom stereocenters. The highest BCUT2D eigenvalue weighted by Gasteiger charge is 2.33. The number of halogens is 3. The Morgan fingerprint density at radius 3 is 2.79 bits per heavy atom. The first-order valence-electron chi connectivity index (χ1n) is 12.4. The van der Waals surface area contributed by atoms with Crippen LogP contribution in [0.15, 0.2) is 43.2 Å². The van der Waals surface area contributed by atoms with Crippen LogP contribution in [-0.4, -0.2) is 59.0 Å². The standard InChI is InChI=1S/C27H28ClF2N5O4/c1-4-10-35(23(36)5-2)27(37)20-11-15(8-9-31-20)39-22-12-16-19(13-21(22)38-3)32-14-33-26(16)34-18-7-6-17(29)24(28)25(18)30/h5-7,12-15,20,31H,2,4,8-11H2,1,3H3,(H,32,33,34)/t15-,20-/m0/s1. The van der Waals surface area contributed by atoms with E-state index in [-0.39, 0.29) is 23.5 Å². The van der Waals surface area contributed by atoms with Crippen molar-refractivity contribution in [2.75, 3.05) is 25.5 Å².